The lowest BCUT2D eigenvalue weighted by atomic mass is 10.0. The van der Waals surface area contributed by atoms with E-state index in [1.54, 1.807) is 24.3 Å². The van der Waals surface area contributed by atoms with Gasteiger partial charge in [-0.05, 0) is 65.4 Å². The van der Waals surface area contributed by atoms with Crippen LogP contribution in [0.2, 0.25) is 0 Å². The second-order valence-corrected chi connectivity index (χ2v) is 12.9. The van der Waals surface area contributed by atoms with Gasteiger partial charge in [0.05, 0.1) is 21.8 Å². The molecule has 0 heterocycles. The van der Waals surface area contributed by atoms with E-state index < -0.39 is 59.3 Å². The van der Waals surface area contributed by atoms with Gasteiger partial charge in [-0.25, -0.2) is 21.6 Å². The molecule has 3 aromatic carbocycles. The molecule has 0 aromatic heterocycles. The lowest BCUT2D eigenvalue weighted by Crippen LogP contribution is -2.38. The van der Waals surface area contributed by atoms with E-state index in [0.29, 0.717) is 11.6 Å². The highest BCUT2D eigenvalue weighted by molar-refractivity contribution is 7.91. The monoisotopic (exact) mass is 579 g/mol. The van der Waals surface area contributed by atoms with Gasteiger partial charge in [0, 0.05) is 6.04 Å². The summed E-state index contributed by atoms with van der Waals surface area (Å²) in [6, 6.07) is 13.5. The highest BCUT2D eigenvalue weighted by Gasteiger charge is 2.40. The number of benzene rings is 3. The van der Waals surface area contributed by atoms with Crippen LogP contribution >= 0.6 is 0 Å². The SMILES string of the molecule is C=CC(c1cc(S(=O)(=O)c2ccccc2)ccc1C(F)(F)F)S(=O)(=O)NC1Cc2ccc(CC(=O)O)cc2C1. The van der Waals surface area contributed by atoms with Crippen LogP contribution in [0.15, 0.2) is 89.2 Å². The first-order chi connectivity index (χ1) is 18.2. The molecule has 206 valence electrons. The average Bonchev–Trinajstić information content (AvgIpc) is 3.24. The summed E-state index contributed by atoms with van der Waals surface area (Å²) in [7, 11) is -8.76. The summed E-state index contributed by atoms with van der Waals surface area (Å²) in [6.07, 6.45) is -3.88. The maximum Gasteiger partial charge on any atom is 0.416 e. The molecule has 0 amide bonds. The van der Waals surface area contributed by atoms with Crippen LogP contribution in [0.4, 0.5) is 13.2 Å². The van der Waals surface area contributed by atoms with Crippen LogP contribution in [0.25, 0.3) is 0 Å². The zero-order valence-electron chi connectivity index (χ0n) is 20.4. The van der Waals surface area contributed by atoms with Crippen LogP contribution in [-0.4, -0.2) is 34.0 Å². The molecule has 7 nitrogen and oxygen atoms in total. The van der Waals surface area contributed by atoms with E-state index in [0.717, 1.165) is 29.3 Å². The molecular weight excluding hydrogens is 555 g/mol. The molecule has 12 heteroatoms. The first kappa shape index (κ1) is 28.5. The van der Waals surface area contributed by atoms with Crippen LogP contribution < -0.4 is 4.72 Å². The van der Waals surface area contributed by atoms with E-state index in [4.69, 9.17) is 5.11 Å². The normalized spacial score (nSPS) is 16.4. The highest BCUT2D eigenvalue weighted by Crippen LogP contribution is 2.39. The van der Waals surface area contributed by atoms with E-state index in [-0.39, 0.29) is 24.2 Å². The number of fused-ring (bicyclic) bond motifs is 1. The molecule has 0 radical (unpaired) electrons. The number of aliphatic carboxylic acids is 1. The predicted molar refractivity (Wildman–Crippen MR) is 137 cm³/mol. The molecule has 0 saturated carbocycles. The zero-order valence-corrected chi connectivity index (χ0v) is 22.0. The third-order valence-corrected chi connectivity index (χ3v) is 9.98. The Hall–Kier alpha value is -3.48. The Morgan fingerprint density at radius 3 is 2.26 bits per heavy atom. The smallest absolute Gasteiger partial charge is 0.416 e. The van der Waals surface area contributed by atoms with Crippen molar-refractivity contribution in [2.75, 3.05) is 0 Å². The van der Waals surface area contributed by atoms with E-state index in [2.05, 4.69) is 11.3 Å². The quantitative estimate of drug-likeness (QED) is 0.361. The van der Waals surface area contributed by atoms with Gasteiger partial charge in [-0.3, -0.25) is 4.79 Å². The Morgan fingerprint density at radius 2 is 1.64 bits per heavy atom. The van der Waals surface area contributed by atoms with Crippen molar-refractivity contribution in [2.24, 2.45) is 0 Å². The largest absolute Gasteiger partial charge is 0.481 e. The van der Waals surface area contributed by atoms with E-state index >= 15 is 0 Å². The van der Waals surface area contributed by atoms with Crippen molar-refractivity contribution >= 4 is 25.8 Å². The fourth-order valence-corrected chi connectivity index (χ4v) is 7.58. The maximum absolute atomic E-state index is 14.0. The minimum Gasteiger partial charge on any atom is -0.481 e. The molecule has 1 aliphatic carbocycles. The van der Waals surface area contributed by atoms with Gasteiger partial charge in [-0.2, -0.15) is 13.2 Å². The molecule has 3 aromatic rings. The second kappa shape index (κ2) is 10.6. The first-order valence-electron chi connectivity index (χ1n) is 11.7. The molecule has 2 N–H and O–H groups in total. The summed E-state index contributed by atoms with van der Waals surface area (Å²) in [5.41, 5.74) is 0.0153. The number of sulfone groups is 1. The van der Waals surface area contributed by atoms with Crippen molar-refractivity contribution in [1.82, 2.24) is 4.72 Å². The number of hydrogen-bond donors (Lipinski definition) is 2. The Balaban J connectivity index is 1.69. The molecular formula is C27H24F3NO6S2. The third kappa shape index (κ3) is 6.07. The van der Waals surface area contributed by atoms with E-state index in [9.17, 15) is 34.8 Å². The Bertz CT molecular complexity index is 1640. The number of carbonyl (C=O) groups is 1. The Morgan fingerprint density at radius 1 is 0.974 bits per heavy atom. The maximum atomic E-state index is 14.0. The molecule has 2 unspecified atom stereocenters. The molecule has 2 atom stereocenters. The number of hydrogen-bond acceptors (Lipinski definition) is 5. The Kier molecular flexibility index (Phi) is 7.75. The highest BCUT2D eigenvalue weighted by atomic mass is 32.2. The number of nitrogens with one attached hydrogen (secondary N) is 1. The number of carboxylic acids is 1. The van der Waals surface area contributed by atoms with Gasteiger partial charge >= 0.3 is 12.1 Å². The van der Waals surface area contributed by atoms with E-state index in [1.165, 1.54) is 24.3 Å². The van der Waals surface area contributed by atoms with Crippen LogP contribution in [0.5, 0.6) is 0 Å². The van der Waals surface area contributed by atoms with Gasteiger partial charge in [0.15, 0.2) is 0 Å². The summed E-state index contributed by atoms with van der Waals surface area (Å²) in [6.45, 7) is 3.44. The third-order valence-electron chi connectivity index (χ3n) is 6.44. The number of carboxylic acid groups (broad SMARTS) is 1. The molecule has 0 fully saturated rings. The summed E-state index contributed by atoms with van der Waals surface area (Å²) in [4.78, 5) is 10.4. The number of sulfonamides is 1. The van der Waals surface area contributed by atoms with Crippen LogP contribution in [0.3, 0.4) is 0 Å². The zero-order chi connectivity index (χ0) is 28.6. The van der Waals surface area contributed by atoms with Crippen molar-refractivity contribution < 1.29 is 39.9 Å². The fraction of sp³-hybridized carbons (Fsp3) is 0.222. The summed E-state index contributed by atoms with van der Waals surface area (Å²) in [5.74, 6) is -1.02. The number of halogens is 3. The lowest BCUT2D eigenvalue weighted by molar-refractivity contribution is -0.138. The number of alkyl halides is 3. The second-order valence-electron chi connectivity index (χ2n) is 9.16. The van der Waals surface area contributed by atoms with Crippen LogP contribution in [0.1, 0.15) is 33.1 Å². The minimum absolute atomic E-state index is 0.155. The van der Waals surface area contributed by atoms with Gasteiger partial charge in [0.1, 0.15) is 5.25 Å². The van der Waals surface area contributed by atoms with Crippen LogP contribution in [-0.2, 0) is 50.1 Å². The van der Waals surface area contributed by atoms with Crippen molar-refractivity contribution in [3.8, 4) is 0 Å². The summed E-state index contributed by atoms with van der Waals surface area (Å²) < 4.78 is 97.3. The van der Waals surface area contributed by atoms with E-state index in [1.807, 2.05) is 0 Å². The standard InChI is InChI=1S/C27H24F3NO6S2/c1-2-25(39(36,37)31-20-14-18-9-8-17(13-26(32)33)12-19(18)15-20)23-16-22(10-11-24(23)27(28,29)30)38(34,35)21-6-4-3-5-7-21/h2-12,16,20,25,31H,1,13-15H2,(H,32,33). The molecule has 39 heavy (non-hydrogen) atoms. The predicted octanol–water partition coefficient (Wildman–Crippen LogP) is 4.48. The number of rotatable bonds is 9. The summed E-state index contributed by atoms with van der Waals surface area (Å²) >= 11 is 0. The molecule has 0 aliphatic heterocycles. The van der Waals surface area contributed by atoms with Gasteiger partial charge in [-0.15, -0.1) is 6.58 Å². The van der Waals surface area contributed by atoms with Gasteiger partial charge in [0.2, 0.25) is 19.9 Å². The molecule has 1 aliphatic rings. The Labute approximate surface area is 224 Å². The molecule has 4 rings (SSSR count). The fourth-order valence-electron chi connectivity index (χ4n) is 4.70. The molecule has 0 bridgehead atoms. The van der Waals surface area contributed by atoms with Gasteiger partial charge in [0.25, 0.3) is 0 Å². The average molecular weight is 580 g/mol. The van der Waals surface area contributed by atoms with Crippen molar-refractivity contribution in [1.29, 1.82) is 0 Å². The molecule has 0 saturated heterocycles. The minimum atomic E-state index is -4.97. The van der Waals surface area contributed by atoms with Crippen molar-refractivity contribution in [3.05, 3.63) is 107 Å². The topological polar surface area (TPSA) is 118 Å². The lowest BCUT2D eigenvalue weighted by Gasteiger charge is -2.22. The first-order valence-corrected chi connectivity index (χ1v) is 14.7. The summed E-state index contributed by atoms with van der Waals surface area (Å²) in [5, 5.41) is 7.10. The van der Waals surface area contributed by atoms with Crippen molar-refractivity contribution in [2.45, 2.75) is 46.5 Å². The van der Waals surface area contributed by atoms with Gasteiger partial charge < -0.3 is 5.11 Å². The van der Waals surface area contributed by atoms with Crippen molar-refractivity contribution in [3.63, 3.8) is 0 Å². The van der Waals surface area contributed by atoms with Crippen LogP contribution in [0, 0.1) is 0 Å². The molecule has 0 spiro atoms. The van der Waals surface area contributed by atoms with Gasteiger partial charge in [-0.1, -0.05) is 42.5 Å².